The Kier molecular flexibility index (Phi) is 3.57. The minimum atomic E-state index is -0.373. The lowest BCUT2D eigenvalue weighted by Crippen LogP contribution is -2.28. The van der Waals surface area contributed by atoms with Crippen molar-refractivity contribution in [3.05, 3.63) is 49.8 Å². The van der Waals surface area contributed by atoms with E-state index >= 15 is 0 Å². The monoisotopic (exact) mass is 263 g/mol. The number of H-pyrrole nitrogens is 1. The molecule has 0 unspecified atom stereocenters. The van der Waals surface area contributed by atoms with Crippen LogP contribution in [0.15, 0.2) is 23.3 Å². The van der Waals surface area contributed by atoms with Gasteiger partial charge in [0.25, 0.3) is 5.91 Å². The predicted octanol–water partition coefficient (Wildman–Crippen LogP) is 1.38. The lowest BCUT2D eigenvalue weighted by molar-refractivity contribution is 0.0950. The third-order valence-electron chi connectivity index (χ3n) is 2.39. The van der Waals surface area contributed by atoms with Crippen molar-refractivity contribution in [2.24, 2.45) is 0 Å². The van der Waals surface area contributed by atoms with E-state index < -0.39 is 0 Å². The molecule has 0 aliphatic carbocycles. The van der Waals surface area contributed by atoms with Crippen LogP contribution in [0.25, 0.3) is 0 Å². The van der Waals surface area contributed by atoms with Crippen LogP contribution in [-0.2, 0) is 6.54 Å². The number of rotatable bonds is 3. The fraction of sp³-hybridized carbons (Fsp3) is 0.250. The Morgan fingerprint density at radius 2 is 2.28 bits per heavy atom. The van der Waals surface area contributed by atoms with Gasteiger partial charge in [0, 0.05) is 29.0 Å². The summed E-state index contributed by atoms with van der Waals surface area (Å²) in [6, 6.07) is 1.41. The maximum absolute atomic E-state index is 11.8. The molecule has 0 aliphatic rings. The van der Waals surface area contributed by atoms with Crippen molar-refractivity contribution < 1.29 is 4.79 Å². The summed E-state index contributed by atoms with van der Waals surface area (Å²) in [4.78, 5) is 31.3. The molecule has 2 rings (SSSR count). The molecule has 2 aromatic rings. The Labute approximate surface area is 108 Å². The second-order valence-corrected chi connectivity index (χ2v) is 5.24. The highest BCUT2D eigenvalue weighted by atomic mass is 32.1. The maximum atomic E-state index is 11.8. The van der Waals surface area contributed by atoms with Gasteiger partial charge in [0.1, 0.15) is 5.56 Å². The van der Waals surface area contributed by atoms with Gasteiger partial charge in [0.15, 0.2) is 5.43 Å². The Morgan fingerprint density at radius 1 is 1.50 bits per heavy atom. The van der Waals surface area contributed by atoms with Gasteiger partial charge in [-0.3, -0.25) is 9.59 Å². The molecule has 0 fully saturated rings. The number of nitrogens with zero attached hydrogens (tertiary/aromatic N) is 1. The highest BCUT2D eigenvalue weighted by Crippen LogP contribution is 2.10. The van der Waals surface area contributed by atoms with Crippen molar-refractivity contribution in [1.82, 2.24) is 15.3 Å². The van der Waals surface area contributed by atoms with E-state index in [9.17, 15) is 9.59 Å². The van der Waals surface area contributed by atoms with Crippen LogP contribution in [0, 0.1) is 13.8 Å². The number of aromatic nitrogens is 2. The summed E-state index contributed by atoms with van der Waals surface area (Å²) >= 11 is 1.52. The molecule has 94 valence electrons. The van der Waals surface area contributed by atoms with E-state index in [1.165, 1.54) is 23.6 Å². The zero-order valence-corrected chi connectivity index (χ0v) is 10.9. The van der Waals surface area contributed by atoms with E-state index in [0.29, 0.717) is 6.54 Å². The SMILES string of the molecule is Cc1cc(=O)c(C(=O)NCc2cnc(C)s2)c[nH]1. The van der Waals surface area contributed by atoms with Crippen molar-refractivity contribution in [3.8, 4) is 0 Å². The van der Waals surface area contributed by atoms with E-state index in [4.69, 9.17) is 0 Å². The zero-order chi connectivity index (χ0) is 13.1. The lowest BCUT2D eigenvalue weighted by atomic mass is 10.2. The number of hydrogen-bond donors (Lipinski definition) is 2. The largest absolute Gasteiger partial charge is 0.364 e. The first-order valence-electron chi connectivity index (χ1n) is 5.45. The molecule has 2 N–H and O–H groups in total. The molecule has 0 aliphatic heterocycles. The van der Waals surface area contributed by atoms with Crippen molar-refractivity contribution >= 4 is 17.2 Å². The molecule has 0 saturated carbocycles. The van der Waals surface area contributed by atoms with Crippen molar-refractivity contribution in [3.63, 3.8) is 0 Å². The molecule has 1 amide bonds. The minimum Gasteiger partial charge on any atom is -0.364 e. The van der Waals surface area contributed by atoms with Gasteiger partial charge in [-0.25, -0.2) is 4.98 Å². The van der Waals surface area contributed by atoms with Gasteiger partial charge in [-0.2, -0.15) is 0 Å². The van der Waals surface area contributed by atoms with Crippen LogP contribution >= 0.6 is 11.3 Å². The second-order valence-electron chi connectivity index (χ2n) is 3.92. The average Bonchev–Trinajstić information content (AvgIpc) is 2.72. The van der Waals surface area contributed by atoms with Gasteiger partial charge < -0.3 is 10.3 Å². The topological polar surface area (TPSA) is 74.8 Å². The number of carbonyl (C=O) groups is 1. The van der Waals surface area contributed by atoms with Gasteiger partial charge >= 0.3 is 0 Å². The quantitative estimate of drug-likeness (QED) is 0.878. The predicted molar refractivity (Wildman–Crippen MR) is 69.8 cm³/mol. The van der Waals surface area contributed by atoms with Crippen molar-refractivity contribution in [1.29, 1.82) is 0 Å². The smallest absolute Gasteiger partial charge is 0.257 e. The van der Waals surface area contributed by atoms with Crippen LogP contribution in [0.4, 0.5) is 0 Å². The first-order valence-corrected chi connectivity index (χ1v) is 6.27. The normalized spacial score (nSPS) is 10.3. The molecular formula is C12H13N3O2S. The summed E-state index contributed by atoms with van der Waals surface area (Å²) in [7, 11) is 0. The molecule has 2 aromatic heterocycles. The standard InChI is InChI=1S/C12H13N3O2S/c1-7-3-11(16)10(6-13-7)12(17)15-5-9-4-14-8(2)18-9/h3-4,6H,5H2,1-2H3,(H,13,16)(H,15,17). The number of aromatic amines is 1. The Bertz CT molecular complexity index is 630. The summed E-state index contributed by atoms with van der Waals surface area (Å²) in [6.45, 7) is 4.06. The first kappa shape index (κ1) is 12.5. The number of carbonyl (C=O) groups excluding carboxylic acids is 1. The average molecular weight is 263 g/mol. The van der Waals surface area contributed by atoms with Gasteiger partial charge in [0.05, 0.1) is 11.6 Å². The molecule has 0 atom stereocenters. The van der Waals surface area contributed by atoms with Crippen LogP contribution in [0.5, 0.6) is 0 Å². The molecule has 2 heterocycles. The second kappa shape index (κ2) is 5.14. The van der Waals surface area contributed by atoms with Crippen LogP contribution in [0.1, 0.15) is 25.9 Å². The molecule has 6 heteroatoms. The van der Waals surface area contributed by atoms with Gasteiger partial charge in [-0.05, 0) is 13.8 Å². The number of thiazole rings is 1. The van der Waals surface area contributed by atoms with E-state index in [1.807, 2.05) is 6.92 Å². The molecule has 0 aromatic carbocycles. The highest BCUT2D eigenvalue weighted by molar-refractivity contribution is 7.11. The Balaban J connectivity index is 2.06. The number of nitrogens with one attached hydrogen (secondary N) is 2. The fourth-order valence-electron chi connectivity index (χ4n) is 1.50. The number of amides is 1. The van der Waals surface area contributed by atoms with Crippen LogP contribution in [0.2, 0.25) is 0 Å². The number of hydrogen-bond acceptors (Lipinski definition) is 4. The van der Waals surface area contributed by atoms with E-state index in [2.05, 4.69) is 15.3 Å². The molecule has 0 radical (unpaired) electrons. The van der Waals surface area contributed by atoms with Crippen LogP contribution in [0.3, 0.4) is 0 Å². The molecule has 5 nitrogen and oxygen atoms in total. The third-order valence-corrected chi connectivity index (χ3v) is 3.31. The molecule has 0 spiro atoms. The van der Waals surface area contributed by atoms with E-state index in [-0.39, 0.29) is 16.9 Å². The zero-order valence-electron chi connectivity index (χ0n) is 10.1. The highest BCUT2D eigenvalue weighted by Gasteiger charge is 2.10. The first-order chi connectivity index (χ1) is 8.56. The summed E-state index contributed by atoms with van der Waals surface area (Å²) in [5.41, 5.74) is 0.584. The fourth-order valence-corrected chi connectivity index (χ4v) is 2.23. The van der Waals surface area contributed by atoms with Gasteiger partial charge in [-0.15, -0.1) is 11.3 Å². The number of aryl methyl sites for hydroxylation is 2. The molecule has 0 saturated heterocycles. The Hall–Kier alpha value is -1.95. The van der Waals surface area contributed by atoms with Gasteiger partial charge in [-0.1, -0.05) is 0 Å². The molecule has 0 bridgehead atoms. The molecule has 18 heavy (non-hydrogen) atoms. The summed E-state index contributed by atoms with van der Waals surface area (Å²) in [6.07, 6.45) is 3.16. The van der Waals surface area contributed by atoms with Crippen molar-refractivity contribution in [2.75, 3.05) is 0 Å². The summed E-state index contributed by atoms with van der Waals surface area (Å²) in [5, 5.41) is 3.65. The number of pyridine rings is 1. The third kappa shape index (κ3) is 2.84. The summed E-state index contributed by atoms with van der Waals surface area (Å²) in [5.74, 6) is -0.373. The molecular weight excluding hydrogens is 250 g/mol. The van der Waals surface area contributed by atoms with Crippen LogP contribution in [-0.4, -0.2) is 15.9 Å². The van der Waals surface area contributed by atoms with E-state index in [0.717, 1.165) is 15.6 Å². The maximum Gasteiger partial charge on any atom is 0.257 e. The van der Waals surface area contributed by atoms with E-state index in [1.54, 1.807) is 13.1 Å². The lowest BCUT2D eigenvalue weighted by Gasteiger charge is -2.03. The van der Waals surface area contributed by atoms with Crippen molar-refractivity contribution in [2.45, 2.75) is 20.4 Å². The van der Waals surface area contributed by atoms with Crippen LogP contribution < -0.4 is 10.7 Å². The van der Waals surface area contributed by atoms with Gasteiger partial charge in [0.2, 0.25) is 0 Å². The minimum absolute atomic E-state index is 0.127. The summed E-state index contributed by atoms with van der Waals surface area (Å²) < 4.78 is 0. The Morgan fingerprint density at radius 3 is 2.89 bits per heavy atom.